The summed E-state index contributed by atoms with van der Waals surface area (Å²) in [5.41, 5.74) is 2.73. The summed E-state index contributed by atoms with van der Waals surface area (Å²) >= 11 is 0. The van der Waals surface area contributed by atoms with Crippen LogP contribution in [0, 0.1) is 5.82 Å². The number of carbonyl (C=O) groups is 1. The van der Waals surface area contributed by atoms with E-state index in [4.69, 9.17) is 9.47 Å². The van der Waals surface area contributed by atoms with Gasteiger partial charge >= 0.3 is 5.97 Å². The third-order valence-corrected chi connectivity index (χ3v) is 4.24. The molecule has 0 saturated heterocycles. The summed E-state index contributed by atoms with van der Waals surface area (Å²) in [5, 5.41) is 4.42. The molecule has 4 aromatic rings. The van der Waals surface area contributed by atoms with Gasteiger partial charge in [0.05, 0.1) is 29.9 Å². The molecule has 0 aliphatic rings. The lowest BCUT2D eigenvalue weighted by Crippen LogP contribution is -2.09. The number of nitrogens with zero attached hydrogens (tertiary/aromatic N) is 3. The number of ether oxygens (including phenoxy) is 2. The highest BCUT2D eigenvalue weighted by molar-refractivity contribution is 5.91. The third kappa shape index (κ3) is 3.98. The van der Waals surface area contributed by atoms with E-state index in [1.807, 2.05) is 24.3 Å². The number of para-hydroxylation sites is 2. The topological polar surface area (TPSA) is 65.7 Å². The van der Waals surface area contributed by atoms with Gasteiger partial charge in [0.25, 0.3) is 0 Å². The van der Waals surface area contributed by atoms with Crippen LogP contribution in [0.15, 0.2) is 78.2 Å². The Labute approximate surface area is 165 Å². The van der Waals surface area contributed by atoms with Gasteiger partial charge in [-0.1, -0.05) is 12.1 Å². The number of benzene rings is 3. The fraction of sp³-hybridized carbons (Fsp3) is 0.0455. The molecular weight excluding hydrogens is 373 g/mol. The van der Waals surface area contributed by atoms with Crippen molar-refractivity contribution in [3.05, 3.63) is 90.0 Å². The van der Waals surface area contributed by atoms with Crippen LogP contribution >= 0.6 is 0 Å². The van der Waals surface area contributed by atoms with Gasteiger partial charge in [-0.2, -0.15) is 5.10 Å². The lowest BCUT2D eigenvalue weighted by atomic mass is 10.2. The second-order valence-electron chi connectivity index (χ2n) is 6.13. The number of rotatable bonds is 5. The fourth-order valence-corrected chi connectivity index (χ4v) is 2.76. The van der Waals surface area contributed by atoms with E-state index in [1.165, 1.54) is 31.4 Å². The molecule has 29 heavy (non-hydrogen) atoms. The Bertz CT molecular complexity index is 1200. The smallest absolute Gasteiger partial charge is 0.343 e. The predicted molar refractivity (Wildman–Crippen MR) is 107 cm³/mol. The molecule has 7 heteroatoms. The van der Waals surface area contributed by atoms with E-state index in [1.54, 1.807) is 35.4 Å². The van der Waals surface area contributed by atoms with Crippen molar-refractivity contribution in [2.45, 2.75) is 0 Å². The van der Waals surface area contributed by atoms with Gasteiger partial charge < -0.3 is 9.47 Å². The molecule has 0 fully saturated rings. The zero-order valence-electron chi connectivity index (χ0n) is 15.4. The minimum absolute atomic E-state index is 0.242. The average molecular weight is 389 g/mol. The molecule has 0 radical (unpaired) electrons. The first kappa shape index (κ1) is 18.4. The summed E-state index contributed by atoms with van der Waals surface area (Å²) in [6.45, 7) is 0. The number of hydrogen-bond donors (Lipinski definition) is 0. The first-order valence-electron chi connectivity index (χ1n) is 8.76. The number of imidazole rings is 1. The van der Waals surface area contributed by atoms with Gasteiger partial charge in [0, 0.05) is 0 Å². The van der Waals surface area contributed by atoms with Gasteiger partial charge in [0.2, 0.25) is 0 Å². The first-order chi connectivity index (χ1) is 14.1. The molecule has 6 nitrogen and oxygen atoms in total. The summed E-state index contributed by atoms with van der Waals surface area (Å²) in [4.78, 5) is 16.5. The lowest BCUT2D eigenvalue weighted by molar-refractivity contribution is 0.0729. The van der Waals surface area contributed by atoms with Crippen LogP contribution in [0.4, 0.5) is 4.39 Å². The zero-order chi connectivity index (χ0) is 20.2. The molecule has 0 bridgehead atoms. The minimum atomic E-state index is -0.602. The van der Waals surface area contributed by atoms with Crippen molar-refractivity contribution in [3.63, 3.8) is 0 Å². The molecule has 0 N–H and O–H groups in total. The van der Waals surface area contributed by atoms with Crippen LogP contribution in [-0.4, -0.2) is 29.0 Å². The first-order valence-corrected chi connectivity index (χ1v) is 8.76. The summed E-state index contributed by atoms with van der Waals surface area (Å²) in [6.07, 6.45) is 3.29. The van der Waals surface area contributed by atoms with Crippen LogP contribution in [0.1, 0.15) is 15.9 Å². The van der Waals surface area contributed by atoms with Gasteiger partial charge in [-0.05, 0) is 60.2 Å². The van der Waals surface area contributed by atoms with Crippen molar-refractivity contribution in [2.24, 2.45) is 5.10 Å². The van der Waals surface area contributed by atoms with Crippen molar-refractivity contribution >= 4 is 23.2 Å². The average Bonchev–Trinajstić information content (AvgIpc) is 3.16. The molecule has 0 spiro atoms. The molecule has 0 amide bonds. The number of carbonyl (C=O) groups excluding carboxylic acids is 1. The van der Waals surface area contributed by atoms with Crippen molar-refractivity contribution in [2.75, 3.05) is 7.11 Å². The van der Waals surface area contributed by atoms with Crippen molar-refractivity contribution < 1.29 is 18.7 Å². The molecule has 0 atom stereocenters. The van der Waals surface area contributed by atoms with Crippen LogP contribution in [0.5, 0.6) is 11.5 Å². The summed E-state index contributed by atoms with van der Waals surface area (Å²) < 4.78 is 25.4. The Morgan fingerprint density at radius 1 is 1.07 bits per heavy atom. The van der Waals surface area contributed by atoms with Gasteiger partial charge in [-0.15, -0.1) is 0 Å². The molecular formula is C22H16FN3O3. The third-order valence-electron chi connectivity index (χ3n) is 4.24. The molecule has 0 saturated carbocycles. The van der Waals surface area contributed by atoms with E-state index in [9.17, 15) is 9.18 Å². The summed E-state index contributed by atoms with van der Waals surface area (Å²) in [6, 6.07) is 17.9. The fourth-order valence-electron chi connectivity index (χ4n) is 2.76. The largest absolute Gasteiger partial charge is 0.493 e. The Hall–Kier alpha value is -4.00. The van der Waals surface area contributed by atoms with Crippen molar-refractivity contribution in [1.29, 1.82) is 0 Å². The van der Waals surface area contributed by atoms with E-state index < -0.39 is 11.8 Å². The Balaban J connectivity index is 1.54. The molecule has 1 heterocycles. The maximum absolute atomic E-state index is 13.0. The molecule has 0 aliphatic carbocycles. The van der Waals surface area contributed by atoms with E-state index in [0.29, 0.717) is 5.75 Å². The van der Waals surface area contributed by atoms with E-state index in [0.717, 1.165) is 16.6 Å². The Morgan fingerprint density at radius 3 is 2.66 bits per heavy atom. The second-order valence-corrected chi connectivity index (χ2v) is 6.13. The molecule has 1 aromatic heterocycles. The van der Waals surface area contributed by atoms with Gasteiger partial charge in [-0.25, -0.2) is 18.8 Å². The van der Waals surface area contributed by atoms with Gasteiger partial charge in [0.1, 0.15) is 12.1 Å². The predicted octanol–water partition coefficient (Wildman–Crippen LogP) is 4.29. The van der Waals surface area contributed by atoms with Gasteiger partial charge in [0.15, 0.2) is 11.5 Å². The highest BCUT2D eigenvalue weighted by Gasteiger charge is 2.13. The number of esters is 1. The highest BCUT2D eigenvalue weighted by Crippen LogP contribution is 2.28. The Kier molecular flexibility index (Phi) is 5.03. The van der Waals surface area contributed by atoms with Crippen LogP contribution < -0.4 is 9.47 Å². The lowest BCUT2D eigenvalue weighted by Gasteiger charge is -2.10. The monoisotopic (exact) mass is 389 g/mol. The molecule has 144 valence electrons. The summed E-state index contributed by atoms with van der Waals surface area (Å²) in [5.74, 6) is -0.394. The second kappa shape index (κ2) is 7.93. The molecule has 4 rings (SSSR count). The highest BCUT2D eigenvalue weighted by atomic mass is 19.1. The summed E-state index contributed by atoms with van der Waals surface area (Å²) in [7, 11) is 1.48. The SMILES string of the molecule is COc1cc(/C=N\n2cnc3ccccc32)ccc1OC(=O)c1ccc(F)cc1. The zero-order valence-corrected chi connectivity index (χ0v) is 15.4. The Morgan fingerprint density at radius 2 is 1.86 bits per heavy atom. The van der Waals surface area contributed by atoms with Gasteiger partial charge in [-0.3, -0.25) is 0 Å². The number of methoxy groups -OCH3 is 1. The number of aromatic nitrogens is 2. The number of halogens is 1. The minimum Gasteiger partial charge on any atom is -0.493 e. The normalized spacial score (nSPS) is 11.1. The van der Waals surface area contributed by atoms with E-state index in [2.05, 4.69) is 10.1 Å². The number of hydrogen-bond acceptors (Lipinski definition) is 5. The number of fused-ring (bicyclic) bond motifs is 1. The maximum atomic E-state index is 13.0. The molecule has 0 aliphatic heterocycles. The van der Waals surface area contributed by atoms with Crippen LogP contribution in [0.25, 0.3) is 11.0 Å². The quantitative estimate of drug-likeness (QED) is 0.290. The molecule has 3 aromatic carbocycles. The molecule has 0 unspecified atom stereocenters. The van der Waals surface area contributed by atoms with E-state index >= 15 is 0 Å². The maximum Gasteiger partial charge on any atom is 0.343 e. The van der Waals surface area contributed by atoms with Crippen LogP contribution in [0.3, 0.4) is 0 Å². The van der Waals surface area contributed by atoms with Crippen LogP contribution in [0.2, 0.25) is 0 Å². The van der Waals surface area contributed by atoms with Crippen LogP contribution in [-0.2, 0) is 0 Å². The van der Waals surface area contributed by atoms with Crippen molar-refractivity contribution in [3.8, 4) is 11.5 Å². The van der Waals surface area contributed by atoms with Crippen molar-refractivity contribution in [1.82, 2.24) is 9.66 Å². The van der Waals surface area contributed by atoms with E-state index in [-0.39, 0.29) is 11.3 Å². The standard InChI is InChI=1S/C22H16FN3O3/c1-28-21-12-15(13-25-26-14-24-18-4-2-3-5-19(18)26)6-11-20(21)29-22(27)16-7-9-17(23)10-8-16/h2-14H,1H3/b25-13-.